The van der Waals surface area contributed by atoms with Crippen molar-refractivity contribution in [2.45, 2.75) is 105 Å². The fourth-order valence-electron chi connectivity index (χ4n) is 6.07. The van der Waals surface area contributed by atoms with Gasteiger partial charge in [-0.1, -0.05) is 83.1 Å². The van der Waals surface area contributed by atoms with Gasteiger partial charge in [0.2, 0.25) is 0 Å². The summed E-state index contributed by atoms with van der Waals surface area (Å²) in [6.07, 6.45) is 1.83. The molecule has 1 aliphatic carbocycles. The van der Waals surface area contributed by atoms with Crippen LogP contribution in [-0.4, -0.2) is 29.6 Å². The van der Waals surface area contributed by atoms with Crippen LogP contribution in [0.25, 0.3) is 27.6 Å². The van der Waals surface area contributed by atoms with Gasteiger partial charge in [-0.2, -0.15) is 0 Å². The minimum absolute atomic E-state index is 0.120. The molecule has 0 amide bonds. The van der Waals surface area contributed by atoms with Crippen LogP contribution in [0.4, 0.5) is 0 Å². The number of phenols is 2. The van der Waals surface area contributed by atoms with Crippen LogP contribution in [0.15, 0.2) is 12.3 Å². The number of hydrogen-bond donors (Lipinski definition) is 2. The quantitative estimate of drug-likeness (QED) is 0.260. The second-order valence-corrected chi connectivity index (χ2v) is 14.3. The Kier molecular flexibility index (Phi) is 4.61. The Bertz CT molecular complexity index is 1590. The van der Waals surface area contributed by atoms with E-state index in [2.05, 4.69) is 83.1 Å². The van der Waals surface area contributed by atoms with Crippen molar-refractivity contribution in [2.75, 3.05) is 0 Å². The van der Waals surface area contributed by atoms with Crippen LogP contribution < -0.4 is 0 Å². The van der Waals surface area contributed by atoms with E-state index in [1.54, 1.807) is 0 Å². The van der Waals surface area contributed by atoms with E-state index in [-0.39, 0.29) is 38.6 Å². The number of imidazole rings is 1. The van der Waals surface area contributed by atoms with Gasteiger partial charge in [0, 0.05) is 33.8 Å². The van der Waals surface area contributed by atoms with Crippen LogP contribution in [-0.2, 0) is 21.7 Å². The molecule has 0 saturated heterocycles. The highest BCUT2D eigenvalue weighted by atomic mass is 16.3. The van der Waals surface area contributed by atoms with Gasteiger partial charge in [-0.15, -0.1) is 0 Å². The average Bonchev–Trinajstić information content (AvgIpc) is 3.18. The number of fused-ring (bicyclic) bond motifs is 6. The van der Waals surface area contributed by atoms with Crippen LogP contribution in [0.1, 0.15) is 106 Å². The first-order chi connectivity index (χ1) is 16.2. The lowest BCUT2D eigenvalue weighted by Gasteiger charge is -2.44. The molecule has 0 atom stereocenters. The first kappa shape index (κ1) is 24.8. The zero-order chi connectivity index (χ0) is 27.0. The summed E-state index contributed by atoms with van der Waals surface area (Å²) in [6.45, 7) is 25.8. The molecule has 0 bridgehead atoms. The second-order valence-electron chi connectivity index (χ2n) is 14.3. The average molecular weight is 489 g/mol. The summed E-state index contributed by atoms with van der Waals surface area (Å²) in [4.78, 5) is 14.8. The van der Waals surface area contributed by atoms with Crippen molar-refractivity contribution < 1.29 is 10.2 Å². The molecule has 36 heavy (non-hydrogen) atoms. The van der Waals surface area contributed by atoms with E-state index in [1.165, 1.54) is 0 Å². The SMILES string of the molecule is CC(C)(C)c1cc2nc(C(C)(C)C)n3c(nc4c(O)c5c(c(O)c43)C(C)(C)C(C)(C)C5(C)C)c2cn1. The van der Waals surface area contributed by atoms with Crippen molar-refractivity contribution in [2.24, 2.45) is 5.41 Å². The number of aromatic nitrogens is 4. The van der Waals surface area contributed by atoms with Crippen molar-refractivity contribution in [1.29, 1.82) is 0 Å². The summed E-state index contributed by atoms with van der Waals surface area (Å²) in [5.41, 5.74) is 3.47. The molecular formula is C30H40N4O2. The number of nitrogens with zero attached hydrogens (tertiary/aromatic N) is 4. The maximum absolute atomic E-state index is 12.0. The number of pyridine rings is 1. The minimum atomic E-state index is -0.388. The molecule has 0 saturated carbocycles. The van der Waals surface area contributed by atoms with Gasteiger partial charge in [0.1, 0.15) is 28.4 Å². The zero-order valence-electron chi connectivity index (χ0n) is 23.8. The van der Waals surface area contributed by atoms with Gasteiger partial charge in [0.25, 0.3) is 0 Å². The highest BCUT2D eigenvalue weighted by Gasteiger charge is 2.60. The Labute approximate surface area is 213 Å². The normalized spacial score (nSPS) is 18.9. The van der Waals surface area contributed by atoms with Crippen molar-refractivity contribution in [1.82, 2.24) is 19.4 Å². The number of hydrogen-bond acceptors (Lipinski definition) is 5. The van der Waals surface area contributed by atoms with Gasteiger partial charge < -0.3 is 10.2 Å². The summed E-state index contributed by atoms with van der Waals surface area (Å²) < 4.78 is 1.94. The fraction of sp³-hybridized carbons (Fsp3) is 0.567. The molecule has 1 aromatic carbocycles. The smallest absolute Gasteiger partial charge is 0.150 e. The summed E-state index contributed by atoms with van der Waals surface area (Å²) in [5, 5.41) is 24.6. The van der Waals surface area contributed by atoms with E-state index >= 15 is 0 Å². The maximum Gasteiger partial charge on any atom is 0.150 e. The molecule has 0 fully saturated rings. The lowest BCUT2D eigenvalue weighted by molar-refractivity contribution is 0.123. The van der Waals surface area contributed by atoms with Gasteiger partial charge in [0.15, 0.2) is 5.65 Å². The number of phenolic OH excluding ortho intramolecular Hbond substituents is 2. The van der Waals surface area contributed by atoms with Gasteiger partial charge >= 0.3 is 0 Å². The molecule has 192 valence electrons. The number of rotatable bonds is 0. The minimum Gasteiger partial charge on any atom is -0.505 e. The van der Waals surface area contributed by atoms with E-state index in [0.717, 1.165) is 33.5 Å². The Morgan fingerprint density at radius 3 is 1.86 bits per heavy atom. The molecule has 4 aromatic rings. The largest absolute Gasteiger partial charge is 0.505 e. The third-order valence-electron chi connectivity index (χ3n) is 9.43. The summed E-state index contributed by atoms with van der Waals surface area (Å²) in [6, 6.07) is 2.04. The third kappa shape index (κ3) is 2.81. The molecular weight excluding hydrogens is 448 g/mol. The lowest BCUT2D eigenvalue weighted by atomic mass is 9.59. The maximum atomic E-state index is 12.0. The molecule has 1 aliphatic rings. The van der Waals surface area contributed by atoms with E-state index in [0.29, 0.717) is 16.7 Å². The predicted octanol–water partition coefficient (Wildman–Crippen LogP) is 7.03. The van der Waals surface area contributed by atoms with Crippen LogP contribution in [0.2, 0.25) is 0 Å². The van der Waals surface area contributed by atoms with Crippen LogP contribution in [0.5, 0.6) is 11.5 Å². The van der Waals surface area contributed by atoms with Crippen LogP contribution in [0.3, 0.4) is 0 Å². The van der Waals surface area contributed by atoms with Gasteiger partial charge in [-0.05, 0) is 22.3 Å². The molecule has 5 rings (SSSR count). The van der Waals surface area contributed by atoms with Crippen molar-refractivity contribution >= 4 is 27.6 Å². The molecule has 0 radical (unpaired) electrons. The van der Waals surface area contributed by atoms with Crippen LogP contribution >= 0.6 is 0 Å². The van der Waals surface area contributed by atoms with E-state index in [4.69, 9.17) is 15.0 Å². The van der Waals surface area contributed by atoms with Crippen molar-refractivity contribution in [3.63, 3.8) is 0 Å². The predicted molar refractivity (Wildman–Crippen MR) is 146 cm³/mol. The standard InChI is InChI=1S/C30H40N4O2/c1-26(2,3)17-13-16-15(14-31-17)24-33-20-21(34(24)25(32-16)27(4,5)6)23(36)19-18(22(20)35)28(7,8)30(11,12)29(19,9)10/h13-14,35-36H,1-12H3. The van der Waals surface area contributed by atoms with E-state index in [1.807, 2.05) is 16.7 Å². The highest BCUT2D eigenvalue weighted by Crippen LogP contribution is 2.66. The van der Waals surface area contributed by atoms with E-state index < -0.39 is 0 Å². The Morgan fingerprint density at radius 1 is 0.778 bits per heavy atom. The number of benzene rings is 1. The Morgan fingerprint density at radius 2 is 1.33 bits per heavy atom. The zero-order valence-corrected chi connectivity index (χ0v) is 23.8. The molecule has 6 heteroatoms. The Hall–Kier alpha value is -2.89. The lowest BCUT2D eigenvalue weighted by Crippen LogP contribution is -2.42. The molecule has 3 heterocycles. The highest BCUT2D eigenvalue weighted by molar-refractivity contribution is 6.01. The van der Waals surface area contributed by atoms with Gasteiger partial charge in [-0.3, -0.25) is 9.38 Å². The van der Waals surface area contributed by atoms with Crippen molar-refractivity contribution in [3.05, 3.63) is 34.9 Å². The van der Waals surface area contributed by atoms with Gasteiger partial charge in [-0.25, -0.2) is 9.97 Å². The molecule has 0 unspecified atom stereocenters. The molecule has 0 spiro atoms. The first-order valence-electron chi connectivity index (χ1n) is 12.9. The molecule has 2 N–H and O–H groups in total. The first-order valence-corrected chi connectivity index (χ1v) is 12.9. The topological polar surface area (TPSA) is 83.5 Å². The summed E-state index contributed by atoms with van der Waals surface area (Å²) in [7, 11) is 0. The van der Waals surface area contributed by atoms with Crippen molar-refractivity contribution in [3.8, 4) is 11.5 Å². The monoisotopic (exact) mass is 488 g/mol. The van der Waals surface area contributed by atoms with E-state index in [9.17, 15) is 10.2 Å². The molecule has 6 nitrogen and oxygen atoms in total. The Balaban J connectivity index is 2.04. The number of aromatic hydroxyl groups is 2. The third-order valence-corrected chi connectivity index (χ3v) is 9.43. The molecule has 3 aromatic heterocycles. The second kappa shape index (κ2) is 6.70. The van der Waals surface area contributed by atoms with Gasteiger partial charge in [0.05, 0.1) is 10.9 Å². The summed E-state index contributed by atoms with van der Waals surface area (Å²) in [5.74, 6) is 1.11. The van der Waals surface area contributed by atoms with Crippen LogP contribution in [0, 0.1) is 5.41 Å². The molecule has 0 aliphatic heterocycles. The fourth-order valence-corrected chi connectivity index (χ4v) is 6.07. The summed E-state index contributed by atoms with van der Waals surface area (Å²) >= 11 is 0.